The highest BCUT2D eigenvalue weighted by Crippen LogP contribution is 2.38. The molecule has 0 amide bonds. The number of nitrogens with zero attached hydrogens (tertiary/aromatic N) is 9. The quantitative estimate of drug-likeness (QED) is 0.624. The second-order valence-corrected chi connectivity index (χ2v) is 8.78. The molecule has 2 N–H and O–H groups in total. The zero-order valence-electron chi connectivity index (χ0n) is 18.6. The van der Waals surface area contributed by atoms with Gasteiger partial charge in [-0.25, -0.2) is 23.6 Å². The van der Waals surface area contributed by atoms with Gasteiger partial charge < -0.3 is 5.73 Å². The van der Waals surface area contributed by atoms with Crippen molar-refractivity contribution >= 4 is 5.65 Å². The van der Waals surface area contributed by atoms with E-state index < -0.39 is 11.6 Å². The van der Waals surface area contributed by atoms with E-state index in [0.29, 0.717) is 29.6 Å². The zero-order chi connectivity index (χ0) is 23.2. The number of hydrogen-bond donors (Lipinski definition) is 1. The van der Waals surface area contributed by atoms with Gasteiger partial charge in [0.05, 0.1) is 23.2 Å². The standard InChI is InChI=1S/C22H25FN10/c1-14(2)33-18-4-7-31(12-17(18)28-30-33)8-5-20-27-21-10-19(26-13-32(21)29-20)22(23)6-3-16(25)9-15(22)11-24/h3,6,9-10,13-15H,4-5,7-8,12,25H2,1-2H3. The fraction of sp³-hybridized carbons (Fsp3) is 0.455. The SMILES string of the molecule is CC(C)n1nnc2c1CCN(CCc1nc3cc(C4(F)C=CC(N)=CC4C#N)ncn3n1)C2. The van der Waals surface area contributed by atoms with Crippen LogP contribution in [0.15, 0.2) is 36.3 Å². The van der Waals surface area contributed by atoms with Crippen LogP contribution in [0, 0.1) is 17.2 Å². The molecule has 0 radical (unpaired) electrons. The van der Waals surface area contributed by atoms with Crippen LogP contribution in [-0.2, 0) is 25.1 Å². The Morgan fingerprint density at radius 3 is 3.03 bits per heavy atom. The molecule has 3 aromatic rings. The molecule has 2 aliphatic rings. The molecule has 5 rings (SSSR count). The smallest absolute Gasteiger partial charge is 0.190 e. The molecule has 0 saturated heterocycles. The van der Waals surface area contributed by atoms with Crippen molar-refractivity contribution in [3.63, 3.8) is 0 Å². The van der Waals surface area contributed by atoms with Crippen LogP contribution in [0.3, 0.4) is 0 Å². The second kappa shape index (κ2) is 8.04. The first kappa shape index (κ1) is 21.2. The van der Waals surface area contributed by atoms with Crippen molar-refractivity contribution in [2.24, 2.45) is 11.7 Å². The summed E-state index contributed by atoms with van der Waals surface area (Å²) in [7, 11) is 0. The maximum absolute atomic E-state index is 15.7. The number of aromatic nitrogens is 7. The van der Waals surface area contributed by atoms with Crippen molar-refractivity contribution in [2.45, 2.75) is 44.9 Å². The first-order chi connectivity index (χ1) is 15.9. The van der Waals surface area contributed by atoms with E-state index in [2.05, 4.69) is 44.1 Å². The van der Waals surface area contributed by atoms with Crippen molar-refractivity contribution < 1.29 is 4.39 Å². The van der Waals surface area contributed by atoms with Gasteiger partial charge in [-0.2, -0.15) is 5.26 Å². The molecule has 0 fully saturated rings. The Hall–Kier alpha value is -3.65. The summed E-state index contributed by atoms with van der Waals surface area (Å²) in [5.41, 5.74) is 6.86. The summed E-state index contributed by atoms with van der Waals surface area (Å²) in [6.45, 7) is 6.68. The van der Waals surface area contributed by atoms with E-state index >= 15 is 4.39 Å². The normalized spacial score (nSPS) is 23.0. The summed E-state index contributed by atoms with van der Waals surface area (Å²) >= 11 is 0. The number of nitrogens with two attached hydrogens (primary N) is 1. The lowest BCUT2D eigenvalue weighted by Crippen LogP contribution is -2.33. The summed E-state index contributed by atoms with van der Waals surface area (Å²) in [5, 5.41) is 22.5. The van der Waals surface area contributed by atoms with Crippen LogP contribution < -0.4 is 5.73 Å². The number of alkyl halides is 1. The van der Waals surface area contributed by atoms with E-state index in [1.807, 2.05) is 10.8 Å². The Morgan fingerprint density at radius 1 is 1.39 bits per heavy atom. The van der Waals surface area contributed by atoms with Gasteiger partial charge in [-0.1, -0.05) is 5.21 Å². The van der Waals surface area contributed by atoms with Gasteiger partial charge in [-0.15, -0.1) is 10.2 Å². The van der Waals surface area contributed by atoms with Crippen LogP contribution in [0.25, 0.3) is 5.65 Å². The van der Waals surface area contributed by atoms with Gasteiger partial charge in [-0.3, -0.25) is 4.90 Å². The highest BCUT2D eigenvalue weighted by molar-refractivity contribution is 5.44. The molecule has 1 aliphatic carbocycles. The first-order valence-electron chi connectivity index (χ1n) is 11.0. The minimum atomic E-state index is -2.07. The van der Waals surface area contributed by atoms with Gasteiger partial charge in [0, 0.05) is 50.3 Å². The third kappa shape index (κ3) is 3.76. The Morgan fingerprint density at radius 2 is 2.24 bits per heavy atom. The minimum absolute atomic E-state index is 0.109. The fourth-order valence-corrected chi connectivity index (χ4v) is 4.37. The molecule has 4 heterocycles. The maximum atomic E-state index is 15.7. The van der Waals surface area contributed by atoms with Gasteiger partial charge in [0.2, 0.25) is 0 Å². The molecule has 10 nitrogen and oxygen atoms in total. The zero-order valence-corrected chi connectivity index (χ0v) is 18.6. The highest BCUT2D eigenvalue weighted by atomic mass is 19.1. The van der Waals surface area contributed by atoms with Crippen molar-refractivity contribution in [2.75, 3.05) is 13.1 Å². The molecule has 11 heteroatoms. The summed E-state index contributed by atoms with van der Waals surface area (Å²) in [4.78, 5) is 11.1. The van der Waals surface area contributed by atoms with Crippen LogP contribution in [0.1, 0.15) is 42.8 Å². The Balaban J connectivity index is 1.30. The lowest BCUT2D eigenvalue weighted by Gasteiger charge is -2.26. The average molecular weight is 449 g/mol. The van der Waals surface area contributed by atoms with E-state index in [0.717, 1.165) is 31.7 Å². The van der Waals surface area contributed by atoms with E-state index in [1.165, 1.54) is 40.8 Å². The number of allylic oxidation sites excluding steroid dienone is 3. The fourth-order valence-electron chi connectivity index (χ4n) is 4.37. The molecule has 0 bridgehead atoms. The van der Waals surface area contributed by atoms with Gasteiger partial charge in [-0.05, 0) is 32.1 Å². The van der Waals surface area contributed by atoms with E-state index in [4.69, 9.17) is 5.73 Å². The van der Waals surface area contributed by atoms with Crippen LogP contribution >= 0.6 is 0 Å². The molecule has 0 saturated carbocycles. The van der Waals surface area contributed by atoms with Gasteiger partial charge in [0.25, 0.3) is 0 Å². The molecule has 0 aromatic carbocycles. The van der Waals surface area contributed by atoms with Gasteiger partial charge in [0.1, 0.15) is 12.2 Å². The van der Waals surface area contributed by atoms with Crippen LogP contribution in [-0.4, -0.2) is 52.6 Å². The number of nitriles is 1. The molecule has 1 aliphatic heterocycles. The number of halogens is 1. The van der Waals surface area contributed by atoms with Gasteiger partial charge in [0.15, 0.2) is 17.1 Å². The number of rotatable bonds is 5. The molecule has 3 aromatic heterocycles. The summed E-state index contributed by atoms with van der Waals surface area (Å²) in [6, 6.07) is 3.81. The predicted octanol–water partition coefficient (Wildman–Crippen LogP) is 1.61. The van der Waals surface area contributed by atoms with Gasteiger partial charge >= 0.3 is 0 Å². The third-order valence-electron chi connectivity index (χ3n) is 6.19. The monoisotopic (exact) mass is 448 g/mol. The van der Waals surface area contributed by atoms with Crippen molar-refractivity contribution in [3.8, 4) is 6.07 Å². The highest BCUT2D eigenvalue weighted by Gasteiger charge is 2.41. The van der Waals surface area contributed by atoms with Crippen LogP contribution in [0.5, 0.6) is 0 Å². The van der Waals surface area contributed by atoms with E-state index in [-0.39, 0.29) is 5.69 Å². The lowest BCUT2D eigenvalue weighted by molar-refractivity contribution is 0.188. The summed E-state index contributed by atoms with van der Waals surface area (Å²) in [5.74, 6) is -0.406. The Kier molecular flexibility index (Phi) is 5.17. The second-order valence-electron chi connectivity index (χ2n) is 8.78. The summed E-state index contributed by atoms with van der Waals surface area (Å²) < 4.78 is 19.2. The average Bonchev–Trinajstić information content (AvgIpc) is 3.42. The molecule has 2 unspecified atom stereocenters. The van der Waals surface area contributed by atoms with Crippen molar-refractivity contribution in [1.82, 2.24) is 39.5 Å². The molecule has 2 atom stereocenters. The first-order valence-corrected chi connectivity index (χ1v) is 11.0. The molecule has 0 spiro atoms. The molecular weight excluding hydrogens is 423 g/mol. The molecule has 33 heavy (non-hydrogen) atoms. The van der Waals surface area contributed by atoms with Crippen LogP contribution in [0.4, 0.5) is 4.39 Å². The Bertz CT molecular complexity index is 1300. The number of fused-ring (bicyclic) bond motifs is 2. The molecule has 170 valence electrons. The minimum Gasteiger partial charge on any atom is -0.399 e. The largest absolute Gasteiger partial charge is 0.399 e. The third-order valence-corrected chi connectivity index (χ3v) is 6.19. The lowest BCUT2D eigenvalue weighted by atomic mass is 9.83. The topological polar surface area (TPSA) is 127 Å². The predicted molar refractivity (Wildman–Crippen MR) is 117 cm³/mol. The van der Waals surface area contributed by atoms with E-state index in [1.54, 1.807) is 0 Å². The summed E-state index contributed by atoms with van der Waals surface area (Å²) in [6.07, 6.45) is 7.14. The molecular formula is C22H25FN10. The maximum Gasteiger partial charge on any atom is 0.190 e. The Labute approximate surface area is 190 Å². The van der Waals surface area contributed by atoms with Crippen LogP contribution in [0.2, 0.25) is 0 Å². The number of hydrogen-bond acceptors (Lipinski definition) is 8. The van der Waals surface area contributed by atoms with Crippen molar-refractivity contribution in [1.29, 1.82) is 5.26 Å². The van der Waals surface area contributed by atoms with Crippen molar-refractivity contribution in [3.05, 3.63) is 59.2 Å². The van der Waals surface area contributed by atoms with E-state index in [9.17, 15) is 5.26 Å².